The van der Waals surface area contributed by atoms with Crippen molar-refractivity contribution >= 4 is 0 Å². The summed E-state index contributed by atoms with van der Waals surface area (Å²) in [6, 6.07) is 0. The van der Waals surface area contributed by atoms with Crippen molar-refractivity contribution < 1.29 is 10.2 Å². The molecule has 0 unspecified atom stereocenters. The van der Waals surface area contributed by atoms with Gasteiger partial charge in [0.05, 0.1) is 12.2 Å². The third-order valence-electron chi connectivity index (χ3n) is 5.97. The van der Waals surface area contributed by atoms with Crippen molar-refractivity contribution in [2.24, 2.45) is 11.8 Å². The topological polar surface area (TPSA) is 46.9 Å². The SMILES string of the molecule is CC1=CC(=CC2C(O)C(C=C3C=C(C)N(C)C(C)=C3)C2O)C=C(C)N1C. The van der Waals surface area contributed by atoms with Crippen LogP contribution in [0.5, 0.6) is 0 Å². The normalized spacial score (nSPS) is 31.7. The van der Waals surface area contributed by atoms with Crippen LogP contribution in [-0.2, 0) is 0 Å². The van der Waals surface area contributed by atoms with Crippen molar-refractivity contribution in [1.29, 1.82) is 0 Å². The quantitative estimate of drug-likeness (QED) is 0.799. The molecule has 2 aliphatic heterocycles. The molecule has 3 aliphatic rings. The first-order valence-electron chi connectivity index (χ1n) is 9.19. The lowest BCUT2D eigenvalue weighted by atomic mass is 9.67. The van der Waals surface area contributed by atoms with E-state index in [2.05, 4.69) is 61.8 Å². The summed E-state index contributed by atoms with van der Waals surface area (Å²) in [6.07, 6.45) is 11.2. The van der Waals surface area contributed by atoms with Gasteiger partial charge in [0.2, 0.25) is 0 Å². The third-order valence-corrected chi connectivity index (χ3v) is 5.97. The molecule has 1 aliphatic carbocycles. The van der Waals surface area contributed by atoms with Gasteiger partial charge in [0.1, 0.15) is 0 Å². The lowest BCUT2D eigenvalue weighted by Gasteiger charge is -2.44. The summed E-state index contributed by atoms with van der Waals surface area (Å²) in [7, 11) is 4.08. The first-order valence-corrected chi connectivity index (χ1v) is 9.19. The monoisotopic (exact) mass is 354 g/mol. The molecule has 4 nitrogen and oxygen atoms in total. The maximum Gasteiger partial charge on any atom is 0.0716 e. The van der Waals surface area contributed by atoms with Gasteiger partial charge in [-0.15, -0.1) is 0 Å². The van der Waals surface area contributed by atoms with Crippen molar-refractivity contribution in [3.63, 3.8) is 0 Å². The van der Waals surface area contributed by atoms with Gasteiger partial charge in [-0.3, -0.25) is 0 Å². The fraction of sp³-hybridized carbons (Fsp3) is 0.455. The molecule has 0 aromatic heterocycles. The highest BCUT2D eigenvalue weighted by molar-refractivity contribution is 5.43. The van der Waals surface area contributed by atoms with Gasteiger partial charge in [-0.25, -0.2) is 0 Å². The van der Waals surface area contributed by atoms with Crippen LogP contribution in [0.3, 0.4) is 0 Å². The maximum absolute atomic E-state index is 10.6. The van der Waals surface area contributed by atoms with Gasteiger partial charge < -0.3 is 20.0 Å². The van der Waals surface area contributed by atoms with Crippen LogP contribution in [0.15, 0.2) is 70.4 Å². The predicted octanol–water partition coefficient (Wildman–Crippen LogP) is 3.31. The van der Waals surface area contributed by atoms with Crippen LogP contribution in [0, 0.1) is 11.8 Å². The lowest BCUT2D eigenvalue weighted by molar-refractivity contribution is -0.110. The average molecular weight is 354 g/mol. The van der Waals surface area contributed by atoms with Crippen molar-refractivity contribution in [1.82, 2.24) is 9.80 Å². The molecule has 0 saturated heterocycles. The Kier molecular flexibility index (Phi) is 5.00. The smallest absolute Gasteiger partial charge is 0.0716 e. The minimum atomic E-state index is -0.561. The van der Waals surface area contributed by atoms with E-state index in [1.54, 1.807) is 0 Å². The van der Waals surface area contributed by atoms with E-state index in [4.69, 9.17) is 0 Å². The highest BCUT2D eigenvalue weighted by Gasteiger charge is 2.46. The molecule has 26 heavy (non-hydrogen) atoms. The molecule has 1 fully saturated rings. The van der Waals surface area contributed by atoms with E-state index >= 15 is 0 Å². The van der Waals surface area contributed by atoms with Crippen molar-refractivity contribution in [3.05, 3.63) is 70.4 Å². The number of aliphatic hydroxyl groups is 2. The summed E-state index contributed by atoms with van der Waals surface area (Å²) < 4.78 is 0. The first kappa shape index (κ1) is 18.7. The average Bonchev–Trinajstić information content (AvgIpc) is 2.59. The number of hydrogen-bond acceptors (Lipinski definition) is 4. The van der Waals surface area contributed by atoms with Crippen LogP contribution < -0.4 is 0 Å². The summed E-state index contributed by atoms with van der Waals surface area (Å²) >= 11 is 0. The molecular formula is C22H30N2O2. The van der Waals surface area contributed by atoms with Gasteiger partial charge in [0.25, 0.3) is 0 Å². The van der Waals surface area contributed by atoms with Gasteiger partial charge in [-0.1, -0.05) is 12.2 Å². The van der Waals surface area contributed by atoms with Crippen LogP contribution >= 0.6 is 0 Å². The Hall–Kier alpha value is -2.04. The Morgan fingerprint density at radius 2 is 0.923 bits per heavy atom. The molecule has 3 rings (SSSR count). The van der Waals surface area contributed by atoms with Gasteiger partial charge in [0.15, 0.2) is 0 Å². The molecule has 0 amide bonds. The summed E-state index contributed by atoms with van der Waals surface area (Å²) in [5.41, 5.74) is 6.74. The summed E-state index contributed by atoms with van der Waals surface area (Å²) in [4.78, 5) is 4.25. The van der Waals surface area contributed by atoms with Crippen LogP contribution in [0.25, 0.3) is 0 Å². The number of rotatable bonds is 2. The Bertz CT molecular complexity index is 664. The fourth-order valence-electron chi connectivity index (χ4n) is 3.79. The molecule has 0 aromatic carbocycles. The van der Waals surface area contributed by atoms with Crippen molar-refractivity contribution in [2.75, 3.05) is 14.1 Å². The predicted molar refractivity (Wildman–Crippen MR) is 106 cm³/mol. The van der Waals surface area contributed by atoms with Gasteiger partial charge in [-0.2, -0.15) is 0 Å². The zero-order valence-electron chi connectivity index (χ0n) is 16.6. The molecule has 0 aromatic rings. The Morgan fingerprint density at radius 1 is 0.654 bits per heavy atom. The number of hydrogen-bond donors (Lipinski definition) is 2. The highest BCUT2D eigenvalue weighted by atomic mass is 16.3. The molecule has 2 N–H and O–H groups in total. The lowest BCUT2D eigenvalue weighted by Crippen LogP contribution is -2.53. The van der Waals surface area contributed by atoms with E-state index in [1.807, 2.05) is 26.2 Å². The van der Waals surface area contributed by atoms with Crippen LogP contribution in [0.1, 0.15) is 27.7 Å². The van der Waals surface area contributed by atoms with Crippen molar-refractivity contribution in [3.8, 4) is 0 Å². The van der Waals surface area contributed by atoms with Crippen molar-refractivity contribution in [2.45, 2.75) is 39.9 Å². The summed E-state index contributed by atoms with van der Waals surface area (Å²) in [5.74, 6) is -0.463. The second kappa shape index (κ2) is 6.93. The molecular weight excluding hydrogens is 324 g/mol. The molecule has 2 heterocycles. The molecule has 1 saturated carbocycles. The largest absolute Gasteiger partial charge is 0.392 e. The third kappa shape index (κ3) is 3.31. The summed E-state index contributed by atoms with van der Waals surface area (Å²) in [6.45, 7) is 8.26. The fourth-order valence-corrected chi connectivity index (χ4v) is 3.79. The number of nitrogens with zero attached hydrogens (tertiary/aromatic N) is 2. The minimum absolute atomic E-state index is 0.232. The van der Waals surface area contributed by atoms with Gasteiger partial charge >= 0.3 is 0 Å². The first-order chi connectivity index (χ1) is 12.2. The van der Waals surface area contributed by atoms with Crippen LogP contribution in [0.4, 0.5) is 0 Å². The second-order valence-corrected chi connectivity index (χ2v) is 7.73. The van der Waals surface area contributed by atoms with E-state index in [0.717, 1.165) is 33.9 Å². The van der Waals surface area contributed by atoms with E-state index in [-0.39, 0.29) is 11.8 Å². The van der Waals surface area contributed by atoms with E-state index in [1.165, 1.54) is 0 Å². The van der Waals surface area contributed by atoms with Crippen LogP contribution in [0.2, 0.25) is 0 Å². The Labute approximate surface area is 156 Å². The molecule has 0 atom stereocenters. The van der Waals surface area contributed by atoms with Gasteiger partial charge in [0, 0.05) is 48.7 Å². The molecule has 4 heteroatoms. The second-order valence-electron chi connectivity index (χ2n) is 7.73. The molecule has 0 spiro atoms. The Morgan fingerprint density at radius 3 is 1.19 bits per heavy atom. The van der Waals surface area contributed by atoms with Gasteiger partial charge in [-0.05, 0) is 63.1 Å². The minimum Gasteiger partial charge on any atom is -0.392 e. The molecule has 0 bridgehead atoms. The number of aliphatic hydroxyl groups excluding tert-OH is 2. The molecule has 0 radical (unpaired) electrons. The summed E-state index contributed by atoms with van der Waals surface area (Å²) in [5, 5.41) is 21.2. The van der Waals surface area contributed by atoms with Crippen LogP contribution in [-0.4, -0.2) is 46.3 Å². The van der Waals surface area contributed by atoms with E-state index in [0.29, 0.717) is 0 Å². The zero-order valence-corrected chi connectivity index (χ0v) is 16.6. The van der Waals surface area contributed by atoms with E-state index in [9.17, 15) is 10.2 Å². The highest BCUT2D eigenvalue weighted by Crippen LogP contribution is 2.39. The molecule has 140 valence electrons. The van der Waals surface area contributed by atoms with E-state index < -0.39 is 12.2 Å². The zero-order chi connectivity index (χ0) is 19.2. The number of allylic oxidation sites excluding steroid dienone is 10. The Balaban J connectivity index is 1.77. The maximum atomic E-state index is 10.6. The standard InChI is InChI=1S/C22H30N2O2/c1-13-7-17(8-14(2)23(13)5)11-19-21(25)20(22(19)26)12-18-9-15(3)24(6)16(4)10-18/h7-12,19-22,25-26H,1-6H3.